The van der Waals surface area contributed by atoms with Crippen molar-refractivity contribution in [3.63, 3.8) is 0 Å². The first-order valence-electron chi connectivity index (χ1n) is 6.19. The fourth-order valence-electron chi connectivity index (χ4n) is 1.87. The van der Waals surface area contributed by atoms with E-state index in [1.54, 1.807) is 24.3 Å². The third kappa shape index (κ3) is 3.39. The van der Waals surface area contributed by atoms with Crippen LogP contribution < -0.4 is 16.2 Å². The fourth-order valence-corrected chi connectivity index (χ4v) is 1.87. The van der Waals surface area contributed by atoms with Gasteiger partial charge in [0.15, 0.2) is 0 Å². The summed E-state index contributed by atoms with van der Waals surface area (Å²) in [6.45, 7) is 0.561. The highest BCUT2D eigenvalue weighted by Gasteiger charge is 2.24. The van der Waals surface area contributed by atoms with Gasteiger partial charge < -0.3 is 10.3 Å². The first-order valence-corrected chi connectivity index (χ1v) is 6.19. The van der Waals surface area contributed by atoms with Gasteiger partial charge in [-0.3, -0.25) is 15.1 Å². The maximum absolute atomic E-state index is 11.2. The smallest absolute Gasteiger partial charge is 0.353 e. The Morgan fingerprint density at radius 2 is 2.10 bits per heavy atom. The zero-order chi connectivity index (χ0) is 15.2. The molecule has 2 rings (SSSR count). The molecule has 0 atom stereocenters. The first kappa shape index (κ1) is 14.6. The lowest BCUT2D eigenvalue weighted by Gasteiger charge is -2.18. The second kappa shape index (κ2) is 6.57. The number of anilines is 2. The molecule has 0 amide bonds. The van der Waals surface area contributed by atoms with Crippen LogP contribution in [0.4, 0.5) is 17.3 Å². The number of hydrogen-bond donors (Lipinski definition) is 2. The van der Waals surface area contributed by atoms with Crippen molar-refractivity contribution in [3.05, 3.63) is 46.5 Å². The highest BCUT2D eigenvalue weighted by molar-refractivity contribution is 5.69. The molecule has 0 saturated carbocycles. The van der Waals surface area contributed by atoms with Crippen molar-refractivity contribution in [2.45, 2.75) is 6.42 Å². The monoisotopic (exact) mass is 289 g/mol. The van der Waals surface area contributed by atoms with Crippen molar-refractivity contribution >= 4 is 17.3 Å². The highest BCUT2D eigenvalue weighted by atomic mass is 16.6. The van der Waals surface area contributed by atoms with Gasteiger partial charge in [-0.05, 0) is 24.1 Å². The van der Waals surface area contributed by atoms with Crippen LogP contribution in [0, 0.1) is 10.1 Å². The number of nitrogens with two attached hydrogens (primary N) is 1. The van der Waals surface area contributed by atoms with Crippen LogP contribution in [0.2, 0.25) is 0 Å². The van der Waals surface area contributed by atoms with Crippen LogP contribution in [-0.2, 0) is 6.42 Å². The van der Waals surface area contributed by atoms with Gasteiger partial charge in [-0.15, -0.1) is 0 Å². The molecular weight excluding hydrogens is 274 g/mol. The van der Waals surface area contributed by atoms with Crippen molar-refractivity contribution < 1.29 is 4.92 Å². The van der Waals surface area contributed by atoms with E-state index in [-0.39, 0.29) is 17.3 Å². The molecule has 110 valence electrons. The Bertz CT molecular complexity index is 620. The molecule has 0 aliphatic carbocycles. The Kier molecular flexibility index (Phi) is 4.57. The summed E-state index contributed by atoms with van der Waals surface area (Å²) in [7, 11) is 1.73. The molecule has 2 aromatic rings. The van der Waals surface area contributed by atoms with Crippen molar-refractivity contribution in [3.8, 4) is 0 Å². The summed E-state index contributed by atoms with van der Waals surface area (Å²) in [5.41, 5.74) is 3.07. The number of nitrogens with zero attached hydrogens (tertiary/aromatic N) is 5. The minimum atomic E-state index is -0.548. The van der Waals surface area contributed by atoms with Gasteiger partial charge in [0, 0.05) is 26.0 Å². The number of aromatic nitrogens is 3. The van der Waals surface area contributed by atoms with E-state index in [2.05, 4.69) is 20.4 Å². The van der Waals surface area contributed by atoms with Crippen LogP contribution >= 0.6 is 0 Å². The van der Waals surface area contributed by atoms with E-state index in [0.29, 0.717) is 13.0 Å². The SMILES string of the molecule is CN(CCc1ccncc1)c1ncnc(NN)c1[N+](=O)[O-]. The topological polar surface area (TPSA) is 123 Å². The molecule has 9 nitrogen and oxygen atoms in total. The second-order valence-corrected chi connectivity index (χ2v) is 4.32. The Labute approximate surface area is 121 Å². The molecule has 0 aromatic carbocycles. The molecule has 0 fully saturated rings. The third-order valence-electron chi connectivity index (χ3n) is 2.97. The molecular formula is C12H15N7O2. The number of hydrogen-bond acceptors (Lipinski definition) is 8. The van der Waals surface area contributed by atoms with Crippen LogP contribution in [0.15, 0.2) is 30.9 Å². The molecule has 0 unspecified atom stereocenters. The molecule has 21 heavy (non-hydrogen) atoms. The number of nitrogen functional groups attached to an aromatic ring is 1. The van der Waals surface area contributed by atoms with Crippen LogP contribution in [0.1, 0.15) is 5.56 Å². The normalized spacial score (nSPS) is 10.2. The number of nitrogens with one attached hydrogen (secondary N) is 1. The molecule has 0 bridgehead atoms. The van der Waals surface area contributed by atoms with Crippen LogP contribution in [0.5, 0.6) is 0 Å². The molecule has 2 aromatic heterocycles. The van der Waals surface area contributed by atoms with E-state index < -0.39 is 4.92 Å². The van der Waals surface area contributed by atoms with Crippen LogP contribution in [0.25, 0.3) is 0 Å². The number of pyridine rings is 1. The Morgan fingerprint density at radius 3 is 2.71 bits per heavy atom. The minimum absolute atomic E-state index is 0.0132. The predicted molar refractivity (Wildman–Crippen MR) is 77.7 cm³/mol. The standard InChI is InChI=1S/C12H15N7O2/c1-18(7-4-9-2-5-14-6-3-9)12-10(19(20)21)11(17-13)15-8-16-12/h2-3,5-6,8H,4,7,13H2,1H3,(H,15,16,17). The van der Waals surface area contributed by atoms with Gasteiger partial charge in [-0.25, -0.2) is 15.8 Å². The summed E-state index contributed by atoms with van der Waals surface area (Å²) in [4.78, 5) is 24.0. The van der Waals surface area contributed by atoms with E-state index >= 15 is 0 Å². The van der Waals surface area contributed by atoms with E-state index in [1.165, 1.54) is 6.33 Å². The van der Waals surface area contributed by atoms with Crippen LogP contribution in [0.3, 0.4) is 0 Å². The van der Waals surface area contributed by atoms with Gasteiger partial charge in [0.05, 0.1) is 4.92 Å². The summed E-state index contributed by atoms with van der Waals surface area (Å²) >= 11 is 0. The Balaban J connectivity index is 2.19. The lowest BCUT2D eigenvalue weighted by molar-refractivity contribution is -0.383. The Hall–Kier alpha value is -2.81. The largest absolute Gasteiger partial charge is 0.354 e. The van der Waals surface area contributed by atoms with Gasteiger partial charge in [-0.2, -0.15) is 0 Å². The van der Waals surface area contributed by atoms with Crippen molar-refractivity contribution in [2.24, 2.45) is 5.84 Å². The van der Waals surface area contributed by atoms with Gasteiger partial charge >= 0.3 is 5.69 Å². The predicted octanol–water partition coefficient (Wildman–Crippen LogP) is 0.744. The quantitative estimate of drug-likeness (QED) is 0.453. The summed E-state index contributed by atoms with van der Waals surface area (Å²) in [6, 6.07) is 3.80. The average Bonchev–Trinajstić information content (AvgIpc) is 2.52. The number of hydrazine groups is 1. The second-order valence-electron chi connectivity index (χ2n) is 4.32. The molecule has 0 saturated heterocycles. The van der Waals surface area contributed by atoms with Gasteiger partial charge in [0.1, 0.15) is 6.33 Å². The summed E-state index contributed by atoms with van der Waals surface area (Å²) in [6.07, 6.45) is 5.36. The number of nitro groups is 1. The van der Waals surface area contributed by atoms with Crippen molar-refractivity contribution in [2.75, 3.05) is 23.9 Å². The lowest BCUT2D eigenvalue weighted by atomic mass is 10.2. The zero-order valence-electron chi connectivity index (χ0n) is 11.4. The van der Waals surface area contributed by atoms with E-state index in [0.717, 1.165) is 5.56 Å². The summed E-state index contributed by atoms with van der Waals surface area (Å²) in [5.74, 6) is 5.46. The van der Waals surface area contributed by atoms with Crippen LogP contribution in [-0.4, -0.2) is 33.5 Å². The average molecular weight is 289 g/mol. The third-order valence-corrected chi connectivity index (χ3v) is 2.97. The molecule has 0 aliphatic heterocycles. The summed E-state index contributed by atoms with van der Waals surface area (Å²) in [5, 5.41) is 11.2. The number of rotatable bonds is 6. The van der Waals surface area contributed by atoms with E-state index in [9.17, 15) is 10.1 Å². The Morgan fingerprint density at radius 1 is 1.38 bits per heavy atom. The fraction of sp³-hybridized carbons (Fsp3) is 0.250. The van der Waals surface area contributed by atoms with E-state index in [4.69, 9.17) is 5.84 Å². The molecule has 9 heteroatoms. The zero-order valence-corrected chi connectivity index (χ0v) is 11.4. The molecule has 0 radical (unpaired) electrons. The lowest BCUT2D eigenvalue weighted by Crippen LogP contribution is -2.23. The number of likely N-dealkylation sites (N-methyl/N-ethyl adjacent to an activating group) is 1. The molecule has 3 N–H and O–H groups in total. The van der Waals surface area contributed by atoms with Crippen molar-refractivity contribution in [1.82, 2.24) is 15.0 Å². The molecule has 0 spiro atoms. The maximum Gasteiger partial charge on any atom is 0.354 e. The first-order chi connectivity index (χ1) is 10.1. The highest BCUT2D eigenvalue weighted by Crippen LogP contribution is 2.30. The van der Waals surface area contributed by atoms with Crippen molar-refractivity contribution in [1.29, 1.82) is 0 Å². The molecule has 0 aliphatic rings. The van der Waals surface area contributed by atoms with E-state index in [1.807, 2.05) is 12.1 Å². The minimum Gasteiger partial charge on any atom is -0.353 e. The van der Waals surface area contributed by atoms with Gasteiger partial charge in [0.2, 0.25) is 11.6 Å². The van der Waals surface area contributed by atoms with Gasteiger partial charge in [0.25, 0.3) is 0 Å². The van der Waals surface area contributed by atoms with Gasteiger partial charge in [-0.1, -0.05) is 0 Å². The summed E-state index contributed by atoms with van der Waals surface area (Å²) < 4.78 is 0. The molecule has 2 heterocycles. The maximum atomic E-state index is 11.2.